The molecule has 30 heavy (non-hydrogen) atoms. The number of nitrogens with one attached hydrogen (secondary N) is 2. The molecule has 2 amide bonds. The Hall–Kier alpha value is -2.19. The molecule has 0 aromatic heterocycles. The summed E-state index contributed by atoms with van der Waals surface area (Å²) in [4.78, 5) is 26.4. The number of ether oxygens (including phenoxy) is 3. The van der Waals surface area contributed by atoms with Crippen molar-refractivity contribution in [3.8, 4) is 11.5 Å². The van der Waals surface area contributed by atoms with Crippen LogP contribution in [-0.4, -0.2) is 69.4 Å². The Morgan fingerprint density at radius 1 is 1.30 bits per heavy atom. The summed E-state index contributed by atoms with van der Waals surface area (Å²) in [6.45, 7) is 6.50. The summed E-state index contributed by atoms with van der Waals surface area (Å²) in [6, 6.07) is 3.41. The van der Waals surface area contributed by atoms with E-state index in [-0.39, 0.29) is 18.0 Å². The third-order valence-electron chi connectivity index (χ3n) is 4.97. The number of halogens is 1. The molecule has 1 aliphatic rings. The molecule has 1 atom stereocenters. The van der Waals surface area contributed by atoms with Crippen molar-refractivity contribution < 1.29 is 23.8 Å². The van der Waals surface area contributed by atoms with Crippen molar-refractivity contribution in [1.82, 2.24) is 15.5 Å². The van der Waals surface area contributed by atoms with E-state index < -0.39 is 6.09 Å². The van der Waals surface area contributed by atoms with Crippen LogP contribution in [0.1, 0.15) is 43.5 Å². The number of carbonyl (C=O) groups excluding carboxylic acids is 2. The summed E-state index contributed by atoms with van der Waals surface area (Å²) in [5, 5.41) is 6.28. The number of carbonyl (C=O) groups is 2. The van der Waals surface area contributed by atoms with E-state index in [0.29, 0.717) is 41.7 Å². The van der Waals surface area contributed by atoms with Crippen molar-refractivity contribution in [2.45, 2.75) is 45.2 Å². The number of hydrogen-bond acceptors (Lipinski definition) is 6. The van der Waals surface area contributed by atoms with Gasteiger partial charge in [-0.1, -0.05) is 11.6 Å². The molecule has 1 aliphatic heterocycles. The molecule has 8 nitrogen and oxygen atoms in total. The van der Waals surface area contributed by atoms with Crippen LogP contribution in [-0.2, 0) is 4.74 Å². The van der Waals surface area contributed by atoms with Crippen molar-refractivity contribution in [3.05, 3.63) is 22.7 Å². The second-order valence-electron chi connectivity index (χ2n) is 7.41. The molecule has 1 aromatic carbocycles. The molecular weight excluding hydrogens is 410 g/mol. The number of amides is 2. The van der Waals surface area contributed by atoms with Gasteiger partial charge in [0.2, 0.25) is 0 Å². The van der Waals surface area contributed by atoms with Crippen LogP contribution in [0.15, 0.2) is 12.1 Å². The van der Waals surface area contributed by atoms with Crippen molar-refractivity contribution in [3.63, 3.8) is 0 Å². The van der Waals surface area contributed by atoms with Crippen molar-refractivity contribution in [2.24, 2.45) is 0 Å². The molecule has 1 heterocycles. The number of piperidine rings is 1. The predicted molar refractivity (Wildman–Crippen MR) is 116 cm³/mol. The van der Waals surface area contributed by atoms with E-state index in [0.717, 1.165) is 25.9 Å². The smallest absolute Gasteiger partial charge is 0.406 e. The lowest BCUT2D eigenvalue weighted by atomic mass is 10.0. The minimum atomic E-state index is -0.488. The quantitative estimate of drug-likeness (QED) is 0.572. The lowest BCUT2D eigenvalue weighted by Crippen LogP contribution is -2.51. The lowest BCUT2D eigenvalue weighted by molar-refractivity contribution is 0.0573. The lowest BCUT2D eigenvalue weighted by Gasteiger charge is -2.38. The molecular formula is C21H32ClN3O5. The van der Waals surface area contributed by atoms with Crippen LogP contribution in [0, 0.1) is 0 Å². The first-order valence-electron chi connectivity index (χ1n) is 10.2. The Kier molecular flexibility index (Phi) is 9.52. The molecule has 0 radical (unpaired) electrons. The van der Waals surface area contributed by atoms with Gasteiger partial charge in [0.15, 0.2) is 11.5 Å². The van der Waals surface area contributed by atoms with E-state index >= 15 is 0 Å². The molecule has 1 fully saturated rings. The van der Waals surface area contributed by atoms with Crippen LogP contribution in [0.4, 0.5) is 4.79 Å². The third-order valence-corrected chi connectivity index (χ3v) is 5.28. The predicted octanol–water partition coefficient (Wildman–Crippen LogP) is 3.08. The molecule has 2 N–H and O–H groups in total. The Balaban J connectivity index is 2.15. The zero-order valence-electron chi connectivity index (χ0n) is 18.1. The maximum Gasteiger partial charge on any atom is 0.406 e. The van der Waals surface area contributed by atoms with Gasteiger partial charge in [0.05, 0.1) is 31.4 Å². The highest BCUT2D eigenvalue weighted by Crippen LogP contribution is 2.35. The molecule has 168 valence electrons. The second-order valence-corrected chi connectivity index (χ2v) is 7.82. The van der Waals surface area contributed by atoms with E-state index in [4.69, 9.17) is 21.1 Å². The first-order valence-corrected chi connectivity index (χ1v) is 10.6. The van der Waals surface area contributed by atoms with Gasteiger partial charge in [-0.2, -0.15) is 0 Å². The fourth-order valence-corrected chi connectivity index (χ4v) is 3.75. The van der Waals surface area contributed by atoms with Gasteiger partial charge in [-0.25, -0.2) is 4.79 Å². The van der Waals surface area contributed by atoms with Crippen LogP contribution in [0.5, 0.6) is 11.5 Å². The molecule has 1 saturated heterocycles. The van der Waals surface area contributed by atoms with E-state index in [1.165, 1.54) is 14.2 Å². The molecule has 0 bridgehead atoms. The first kappa shape index (κ1) is 24.1. The van der Waals surface area contributed by atoms with E-state index in [1.54, 1.807) is 12.1 Å². The number of rotatable bonds is 9. The zero-order valence-corrected chi connectivity index (χ0v) is 18.9. The summed E-state index contributed by atoms with van der Waals surface area (Å²) in [6.07, 6.45) is 2.07. The van der Waals surface area contributed by atoms with Gasteiger partial charge in [-0.15, -0.1) is 0 Å². The highest BCUT2D eigenvalue weighted by molar-refractivity contribution is 6.34. The SMILES string of the molecule is COC(=O)NCCCOc1cc(C(=O)N(C(C)C)[C@@H]2CCCNC2)c(Cl)cc1OC. The van der Waals surface area contributed by atoms with Crippen molar-refractivity contribution >= 4 is 23.6 Å². The topological polar surface area (TPSA) is 89.1 Å². The Labute approximate surface area is 183 Å². The van der Waals surface area contributed by atoms with Gasteiger partial charge in [-0.05, 0) is 45.7 Å². The van der Waals surface area contributed by atoms with Crippen LogP contribution in [0.3, 0.4) is 0 Å². The molecule has 2 rings (SSSR count). The van der Waals surface area contributed by atoms with Crippen LogP contribution in [0.25, 0.3) is 0 Å². The number of hydrogen-bond donors (Lipinski definition) is 2. The Morgan fingerprint density at radius 3 is 2.67 bits per heavy atom. The molecule has 1 aromatic rings. The van der Waals surface area contributed by atoms with Crippen molar-refractivity contribution in [2.75, 3.05) is 40.5 Å². The molecule has 0 unspecified atom stereocenters. The third kappa shape index (κ3) is 6.40. The molecule has 0 spiro atoms. The van der Waals surface area contributed by atoms with Crippen molar-refractivity contribution in [1.29, 1.82) is 0 Å². The average Bonchev–Trinajstić information content (AvgIpc) is 2.74. The summed E-state index contributed by atoms with van der Waals surface area (Å²) in [5.74, 6) is 0.769. The molecule has 0 saturated carbocycles. The second kappa shape index (κ2) is 11.9. The zero-order chi connectivity index (χ0) is 22.1. The first-order chi connectivity index (χ1) is 14.4. The Morgan fingerprint density at radius 2 is 2.07 bits per heavy atom. The number of methoxy groups -OCH3 is 2. The van der Waals surface area contributed by atoms with Crippen LogP contribution in [0.2, 0.25) is 5.02 Å². The summed E-state index contributed by atoms with van der Waals surface area (Å²) in [5.41, 5.74) is 0.388. The van der Waals surface area contributed by atoms with Gasteiger partial charge < -0.3 is 29.7 Å². The highest BCUT2D eigenvalue weighted by atomic mass is 35.5. The summed E-state index contributed by atoms with van der Waals surface area (Å²) in [7, 11) is 2.83. The average molecular weight is 442 g/mol. The van der Waals surface area contributed by atoms with Gasteiger partial charge in [0, 0.05) is 31.2 Å². The fourth-order valence-electron chi connectivity index (χ4n) is 3.52. The molecule has 9 heteroatoms. The van der Waals surface area contributed by atoms with E-state index in [2.05, 4.69) is 15.4 Å². The monoisotopic (exact) mass is 441 g/mol. The summed E-state index contributed by atoms with van der Waals surface area (Å²) >= 11 is 6.44. The normalized spacial score (nSPS) is 16.1. The van der Waals surface area contributed by atoms with Crippen LogP contribution < -0.4 is 20.1 Å². The number of benzene rings is 1. The maximum absolute atomic E-state index is 13.4. The number of nitrogens with zero attached hydrogens (tertiary/aromatic N) is 1. The molecule has 0 aliphatic carbocycles. The minimum Gasteiger partial charge on any atom is -0.493 e. The van der Waals surface area contributed by atoms with Gasteiger partial charge >= 0.3 is 6.09 Å². The Bertz CT molecular complexity index is 723. The maximum atomic E-state index is 13.4. The standard InChI is InChI=1S/C21H32ClN3O5/c1-14(2)25(15-7-5-8-23-13-15)20(26)16-11-19(18(28-3)12-17(16)22)30-10-6-9-24-21(27)29-4/h11-12,14-15,23H,5-10,13H2,1-4H3,(H,24,27)/t15-/m1/s1. The van der Waals surface area contributed by atoms with Gasteiger partial charge in [-0.3, -0.25) is 4.79 Å². The van der Waals surface area contributed by atoms with Crippen LogP contribution >= 0.6 is 11.6 Å². The minimum absolute atomic E-state index is 0.0364. The van der Waals surface area contributed by atoms with Gasteiger partial charge in [0.1, 0.15) is 0 Å². The van der Waals surface area contributed by atoms with Gasteiger partial charge in [0.25, 0.3) is 5.91 Å². The van der Waals surface area contributed by atoms with E-state index in [9.17, 15) is 9.59 Å². The summed E-state index contributed by atoms with van der Waals surface area (Å²) < 4.78 is 15.7. The fraction of sp³-hybridized carbons (Fsp3) is 0.619. The highest BCUT2D eigenvalue weighted by Gasteiger charge is 2.30. The number of alkyl carbamates (subject to hydrolysis) is 1. The largest absolute Gasteiger partial charge is 0.493 e. The van der Waals surface area contributed by atoms with E-state index in [1.807, 2.05) is 18.7 Å².